The molecular formula is C20H20N4O4S2. The lowest BCUT2D eigenvalue weighted by atomic mass is 9.93. The van der Waals surface area contributed by atoms with Gasteiger partial charge < -0.3 is 20.1 Å². The van der Waals surface area contributed by atoms with Crippen molar-refractivity contribution >= 4 is 34.7 Å². The molecule has 0 unspecified atom stereocenters. The van der Waals surface area contributed by atoms with Crippen LogP contribution < -0.4 is 10.5 Å². The first kappa shape index (κ1) is 20.5. The summed E-state index contributed by atoms with van der Waals surface area (Å²) in [6.07, 6.45) is 4.91. The fraction of sp³-hybridized carbons (Fsp3) is 0.300. The molecule has 0 saturated heterocycles. The third-order valence-corrected chi connectivity index (χ3v) is 6.84. The maximum absolute atomic E-state index is 12.4. The number of aromatic nitrogens is 2. The Morgan fingerprint density at radius 3 is 2.80 bits per heavy atom. The van der Waals surface area contributed by atoms with Crippen molar-refractivity contribution in [1.82, 2.24) is 14.3 Å². The van der Waals surface area contributed by atoms with E-state index in [2.05, 4.69) is 9.36 Å². The van der Waals surface area contributed by atoms with Gasteiger partial charge in [0.25, 0.3) is 11.8 Å². The standard InChI is InChI=1S/C20H20N4O4S2/c1-24(7-8-27-2)19(26)14-6-4-12(10-22-14)28-20-15-13(17(29-20)18(21)25)5-3-11-9-23-30-16(11)15/h4,6,9-10H,3,5,7-8H2,1-2H3,(H2,21,25). The van der Waals surface area contributed by atoms with E-state index in [1.54, 1.807) is 31.2 Å². The summed E-state index contributed by atoms with van der Waals surface area (Å²) in [5.74, 6) is -0.183. The van der Waals surface area contributed by atoms with Gasteiger partial charge in [0.05, 0.1) is 28.1 Å². The number of ether oxygens (including phenoxy) is 2. The number of carbonyl (C=O) groups excluding carboxylic acids is 2. The van der Waals surface area contributed by atoms with Gasteiger partial charge in [-0.05, 0) is 47.6 Å². The van der Waals surface area contributed by atoms with Gasteiger partial charge in [0.1, 0.15) is 11.4 Å². The largest absolute Gasteiger partial charge is 0.444 e. The molecule has 2 N–H and O–H groups in total. The van der Waals surface area contributed by atoms with E-state index < -0.39 is 5.91 Å². The topological polar surface area (TPSA) is 108 Å². The number of nitrogens with zero attached hydrogens (tertiary/aromatic N) is 3. The summed E-state index contributed by atoms with van der Waals surface area (Å²) in [5.41, 5.74) is 8.86. The molecule has 2 amide bonds. The molecule has 4 rings (SSSR count). The quantitative estimate of drug-likeness (QED) is 0.600. The molecule has 1 aliphatic carbocycles. The molecule has 0 atom stereocenters. The van der Waals surface area contributed by atoms with Crippen molar-refractivity contribution in [3.05, 3.63) is 46.2 Å². The zero-order valence-electron chi connectivity index (χ0n) is 16.5. The molecule has 0 spiro atoms. The minimum atomic E-state index is -0.461. The number of pyridine rings is 1. The number of primary amides is 1. The first-order chi connectivity index (χ1) is 14.5. The van der Waals surface area contributed by atoms with Crippen molar-refractivity contribution in [1.29, 1.82) is 0 Å². The molecule has 30 heavy (non-hydrogen) atoms. The molecule has 1 aliphatic rings. The maximum Gasteiger partial charge on any atom is 0.272 e. The number of fused-ring (bicyclic) bond motifs is 3. The Hall–Kier alpha value is -2.82. The molecule has 10 heteroatoms. The minimum absolute atomic E-state index is 0.197. The van der Waals surface area contributed by atoms with Crippen LogP contribution in [0.1, 0.15) is 31.3 Å². The highest BCUT2D eigenvalue weighted by Gasteiger charge is 2.30. The molecule has 8 nitrogen and oxygen atoms in total. The van der Waals surface area contributed by atoms with E-state index in [1.807, 2.05) is 6.20 Å². The Kier molecular flexibility index (Phi) is 5.80. The lowest BCUT2D eigenvalue weighted by molar-refractivity contribution is 0.0738. The molecule has 3 aromatic heterocycles. The van der Waals surface area contributed by atoms with Gasteiger partial charge in [0, 0.05) is 26.9 Å². The normalized spacial score (nSPS) is 12.2. The third-order valence-electron chi connectivity index (χ3n) is 4.86. The zero-order valence-corrected chi connectivity index (χ0v) is 18.1. The Morgan fingerprint density at radius 1 is 1.27 bits per heavy atom. The highest BCUT2D eigenvalue weighted by atomic mass is 32.1. The zero-order chi connectivity index (χ0) is 21.3. The molecule has 3 heterocycles. The lowest BCUT2D eigenvalue weighted by Crippen LogP contribution is -2.30. The third kappa shape index (κ3) is 3.81. The number of thiophene rings is 1. The second-order valence-electron chi connectivity index (χ2n) is 6.82. The number of hydrogen-bond donors (Lipinski definition) is 1. The van der Waals surface area contributed by atoms with Gasteiger partial charge in [-0.15, -0.1) is 0 Å². The highest BCUT2D eigenvalue weighted by molar-refractivity contribution is 7.17. The van der Waals surface area contributed by atoms with Crippen molar-refractivity contribution in [3.63, 3.8) is 0 Å². The number of amides is 2. The fourth-order valence-corrected chi connectivity index (χ4v) is 5.29. The highest BCUT2D eigenvalue weighted by Crippen LogP contribution is 2.49. The van der Waals surface area contributed by atoms with Gasteiger partial charge in [-0.25, -0.2) is 9.36 Å². The molecule has 156 valence electrons. The van der Waals surface area contributed by atoms with Crippen molar-refractivity contribution in [3.8, 4) is 21.3 Å². The van der Waals surface area contributed by atoms with Gasteiger partial charge >= 0.3 is 0 Å². The number of aryl methyl sites for hydroxylation is 1. The van der Waals surface area contributed by atoms with E-state index in [0.717, 1.165) is 34.4 Å². The summed E-state index contributed by atoms with van der Waals surface area (Å²) >= 11 is 2.62. The van der Waals surface area contributed by atoms with E-state index >= 15 is 0 Å². The molecule has 3 aromatic rings. The lowest BCUT2D eigenvalue weighted by Gasteiger charge is -2.16. The van der Waals surface area contributed by atoms with E-state index in [1.165, 1.54) is 29.1 Å². The molecular weight excluding hydrogens is 424 g/mol. The van der Waals surface area contributed by atoms with Crippen LogP contribution >= 0.6 is 22.9 Å². The summed E-state index contributed by atoms with van der Waals surface area (Å²) in [6, 6.07) is 3.31. The number of nitrogens with two attached hydrogens (primary N) is 1. The Bertz CT molecular complexity index is 1090. The van der Waals surface area contributed by atoms with Gasteiger partial charge in [-0.1, -0.05) is 11.3 Å². The van der Waals surface area contributed by atoms with E-state index in [0.29, 0.717) is 34.5 Å². The monoisotopic (exact) mass is 444 g/mol. The fourth-order valence-electron chi connectivity index (χ4n) is 3.28. The van der Waals surface area contributed by atoms with E-state index in [4.69, 9.17) is 15.2 Å². The van der Waals surface area contributed by atoms with Crippen LogP contribution in [0.4, 0.5) is 0 Å². The number of rotatable bonds is 7. The van der Waals surface area contributed by atoms with Crippen molar-refractivity contribution in [2.75, 3.05) is 27.3 Å². The SMILES string of the molecule is COCCN(C)C(=O)c1ccc(Oc2sc(C(N)=O)c3c2-c2sncc2CC3)cn1. The summed E-state index contributed by atoms with van der Waals surface area (Å²) in [4.78, 5) is 31.7. The Morgan fingerprint density at radius 2 is 2.10 bits per heavy atom. The van der Waals surface area contributed by atoms with Gasteiger partial charge in [0.15, 0.2) is 5.06 Å². The first-order valence-corrected chi connectivity index (χ1v) is 10.9. The second-order valence-corrected chi connectivity index (χ2v) is 8.60. The van der Waals surface area contributed by atoms with E-state index in [-0.39, 0.29) is 5.91 Å². The van der Waals surface area contributed by atoms with Crippen LogP contribution in [0.25, 0.3) is 10.4 Å². The van der Waals surface area contributed by atoms with Gasteiger partial charge in [-0.3, -0.25) is 9.59 Å². The molecule has 0 bridgehead atoms. The number of hydrogen-bond acceptors (Lipinski definition) is 8. The van der Waals surface area contributed by atoms with E-state index in [9.17, 15) is 9.59 Å². The smallest absolute Gasteiger partial charge is 0.272 e. The van der Waals surface area contributed by atoms with Crippen molar-refractivity contribution in [2.24, 2.45) is 5.73 Å². The summed E-state index contributed by atoms with van der Waals surface area (Å²) in [5, 5.41) is 0.585. The predicted octanol–water partition coefficient (Wildman–Crippen LogP) is 2.97. The Balaban J connectivity index is 1.60. The van der Waals surface area contributed by atoms with Crippen molar-refractivity contribution in [2.45, 2.75) is 12.8 Å². The molecule has 0 fully saturated rings. The summed E-state index contributed by atoms with van der Waals surface area (Å²) in [6.45, 7) is 0.929. The van der Waals surface area contributed by atoms with Crippen LogP contribution in [0, 0.1) is 0 Å². The van der Waals surface area contributed by atoms with Crippen molar-refractivity contribution < 1.29 is 19.1 Å². The van der Waals surface area contributed by atoms with Crippen LogP contribution in [0.3, 0.4) is 0 Å². The molecule has 0 aliphatic heterocycles. The maximum atomic E-state index is 12.4. The summed E-state index contributed by atoms with van der Waals surface area (Å²) < 4.78 is 15.4. The van der Waals surface area contributed by atoms with Gasteiger partial charge in [0.2, 0.25) is 0 Å². The number of likely N-dealkylation sites (N-methyl/N-ethyl adjacent to an activating group) is 1. The minimum Gasteiger partial charge on any atom is -0.444 e. The van der Waals surface area contributed by atoms with Crippen LogP contribution in [0.5, 0.6) is 10.8 Å². The Labute approximate surface area is 181 Å². The summed E-state index contributed by atoms with van der Waals surface area (Å²) in [7, 11) is 3.29. The number of carbonyl (C=O) groups is 2. The molecule has 0 radical (unpaired) electrons. The van der Waals surface area contributed by atoms with Crippen LogP contribution in [0.15, 0.2) is 24.5 Å². The molecule has 0 aromatic carbocycles. The van der Waals surface area contributed by atoms with Crippen LogP contribution in [-0.4, -0.2) is 53.4 Å². The second kappa shape index (κ2) is 8.50. The van der Waals surface area contributed by atoms with Crippen LogP contribution in [-0.2, 0) is 17.6 Å². The molecule has 0 saturated carbocycles. The van der Waals surface area contributed by atoms with Crippen LogP contribution in [0.2, 0.25) is 0 Å². The number of methoxy groups -OCH3 is 1. The first-order valence-electron chi connectivity index (χ1n) is 9.27. The average molecular weight is 445 g/mol. The van der Waals surface area contributed by atoms with Gasteiger partial charge in [-0.2, -0.15) is 0 Å². The average Bonchev–Trinajstić information content (AvgIpc) is 3.36. The predicted molar refractivity (Wildman–Crippen MR) is 115 cm³/mol.